The topological polar surface area (TPSA) is 125 Å². The molecule has 0 fully saturated rings. The first-order valence-corrected chi connectivity index (χ1v) is 10.2. The summed E-state index contributed by atoms with van der Waals surface area (Å²) in [7, 11) is 0. The lowest BCUT2D eigenvalue weighted by Gasteiger charge is -2.18. The molecule has 0 aliphatic rings. The lowest BCUT2D eigenvalue weighted by molar-refractivity contribution is 0.0696. The summed E-state index contributed by atoms with van der Waals surface area (Å²) in [4.78, 5) is 24.2. The lowest BCUT2D eigenvalue weighted by atomic mass is 10.0. The first-order chi connectivity index (χ1) is 15.8. The minimum absolute atomic E-state index is 0.0269. The van der Waals surface area contributed by atoms with E-state index in [-0.39, 0.29) is 21.3 Å². The quantitative estimate of drug-likeness (QED) is 0.197. The normalized spacial score (nSPS) is 11.6. The van der Waals surface area contributed by atoms with Gasteiger partial charge in [-0.3, -0.25) is 14.8 Å². The van der Waals surface area contributed by atoms with Crippen molar-refractivity contribution in [2.45, 2.75) is 6.04 Å². The first-order valence-electron chi connectivity index (χ1n) is 9.49. The number of aliphatic hydroxyl groups is 1. The third-order valence-corrected chi connectivity index (χ3v) is 5.70. The number of nitrogens with one attached hydrogen (secondary N) is 2. The zero-order valence-corrected chi connectivity index (χ0v) is 18.7. The van der Waals surface area contributed by atoms with Crippen LogP contribution >= 0.6 is 23.2 Å². The van der Waals surface area contributed by atoms with E-state index in [1.165, 1.54) is 41.2 Å². The van der Waals surface area contributed by atoms with Crippen molar-refractivity contribution in [2.24, 2.45) is 0 Å². The van der Waals surface area contributed by atoms with Crippen LogP contribution in [0, 0.1) is 5.41 Å². The predicted molar refractivity (Wildman–Crippen MR) is 128 cm³/mol. The Balaban J connectivity index is 2.05. The Labute approximate surface area is 198 Å². The number of fused-ring (bicyclic) bond motifs is 1. The standard InChI is InChI=1S/C23H19Cl2N3O5/c1-3-13-20(33-4-2)9-18-15(21(13)25)8-19(28(18)11-26)22(30)27-17(10-29)14-6-5-12(23(31)32)7-16(14)24/h3-9,11,17,26,29H,1-2,10H2,(H,27,30)(H,31,32)/t17-/m1/s1. The molecule has 0 saturated heterocycles. The molecule has 0 radical (unpaired) electrons. The van der Waals surface area contributed by atoms with Gasteiger partial charge in [-0.2, -0.15) is 0 Å². The molecule has 0 aliphatic heterocycles. The van der Waals surface area contributed by atoms with Crippen LogP contribution in [0.25, 0.3) is 17.0 Å². The smallest absolute Gasteiger partial charge is 0.335 e. The maximum absolute atomic E-state index is 13.1. The van der Waals surface area contributed by atoms with Gasteiger partial charge in [0.2, 0.25) is 0 Å². The van der Waals surface area contributed by atoms with Crippen LogP contribution < -0.4 is 10.1 Å². The summed E-state index contributed by atoms with van der Waals surface area (Å²) in [6, 6.07) is 6.17. The van der Waals surface area contributed by atoms with E-state index in [0.717, 1.165) is 6.34 Å². The molecule has 4 N–H and O–H groups in total. The molecule has 0 spiro atoms. The Hall–Kier alpha value is -3.59. The summed E-state index contributed by atoms with van der Waals surface area (Å²) in [5.41, 5.74) is 1.32. The van der Waals surface area contributed by atoms with Crippen molar-refractivity contribution in [1.29, 1.82) is 5.41 Å². The monoisotopic (exact) mass is 487 g/mol. The highest BCUT2D eigenvalue weighted by molar-refractivity contribution is 6.37. The van der Waals surface area contributed by atoms with E-state index >= 15 is 0 Å². The SMILES string of the molecule is C=COc1cc2c(cc(C(=O)N[C@H](CO)c3ccc(C(=O)O)cc3Cl)n2C=N)c(Cl)c1C=C. The van der Waals surface area contributed by atoms with Crippen molar-refractivity contribution < 1.29 is 24.5 Å². The third-order valence-electron chi connectivity index (χ3n) is 4.97. The summed E-state index contributed by atoms with van der Waals surface area (Å²) in [6.45, 7) is 6.76. The van der Waals surface area contributed by atoms with Crippen LogP contribution in [0.2, 0.25) is 10.0 Å². The van der Waals surface area contributed by atoms with Crippen LogP contribution in [0.3, 0.4) is 0 Å². The van der Waals surface area contributed by atoms with E-state index in [2.05, 4.69) is 18.5 Å². The molecule has 0 bridgehead atoms. The predicted octanol–water partition coefficient (Wildman–Crippen LogP) is 4.73. The average Bonchev–Trinajstić information content (AvgIpc) is 3.17. The number of hydrogen-bond donors (Lipinski definition) is 4. The van der Waals surface area contributed by atoms with Gasteiger partial charge in [0.15, 0.2) is 0 Å². The molecule has 10 heteroatoms. The van der Waals surface area contributed by atoms with E-state index in [9.17, 15) is 14.7 Å². The minimum atomic E-state index is -1.15. The number of ether oxygens (including phenoxy) is 1. The number of aromatic nitrogens is 1. The first kappa shape index (κ1) is 24.1. The molecular weight excluding hydrogens is 469 g/mol. The summed E-state index contributed by atoms with van der Waals surface area (Å²) in [5, 5.41) is 30.3. The van der Waals surface area contributed by atoms with Gasteiger partial charge in [-0.25, -0.2) is 4.79 Å². The number of carbonyl (C=O) groups is 2. The number of aromatic carboxylic acids is 1. The molecule has 1 aromatic heterocycles. The molecule has 3 rings (SSSR count). The Kier molecular flexibility index (Phi) is 7.23. The number of carbonyl (C=O) groups excluding carboxylic acids is 1. The summed E-state index contributed by atoms with van der Waals surface area (Å²) < 4.78 is 6.70. The fourth-order valence-corrected chi connectivity index (χ4v) is 4.04. The van der Waals surface area contributed by atoms with E-state index in [1.54, 1.807) is 6.07 Å². The van der Waals surface area contributed by atoms with Gasteiger partial charge in [0, 0.05) is 22.0 Å². The Morgan fingerprint density at radius 1 is 1.24 bits per heavy atom. The Morgan fingerprint density at radius 3 is 2.52 bits per heavy atom. The molecule has 3 aromatic rings. The largest absolute Gasteiger partial charge is 0.478 e. The van der Waals surface area contributed by atoms with Crippen molar-refractivity contribution in [1.82, 2.24) is 9.88 Å². The molecule has 0 unspecified atom stereocenters. The van der Waals surface area contributed by atoms with Gasteiger partial charge in [-0.1, -0.05) is 48.5 Å². The second-order valence-electron chi connectivity index (χ2n) is 6.80. The van der Waals surface area contributed by atoms with Crippen LogP contribution in [0.4, 0.5) is 0 Å². The Morgan fingerprint density at radius 2 is 1.97 bits per heavy atom. The third kappa shape index (κ3) is 4.49. The maximum Gasteiger partial charge on any atom is 0.335 e. The van der Waals surface area contributed by atoms with Crippen molar-refractivity contribution in [3.8, 4) is 5.75 Å². The number of benzene rings is 2. The molecule has 33 heavy (non-hydrogen) atoms. The molecule has 0 saturated carbocycles. The number of nitrogens with zero attached hydrogens (tertiary/aromatic N) is 1. The van der Waals surface area contributed by atoms with E-state index in [0.29, 0.717) is 27.8 Å². The second kappa shape index (κ2) is 9.91. The fraction of sp³-hybridized carbons (Fsp3) is 0.0870. The van der Waals surface area contributed by atoms with Gasteiger partial charge in [-0.05, 0) is 23.8 Å². The molecule has 1 amide bonds. The van der Waals surface area contributed by atoms with Gasteiger partial charge in [0.05, 0.1) is 41.4 Å². The van der Waals surface area contributed by atoms with Crippen LogP contribution in [-0.2, 0) is 0 Å². The molecule has 0 aliphatic carbocycles. The maximum atomic E-state index is 13.1. The molecule has 8 nitrogen and oxygen atoms in total. The van der Waals surface area contributed by atoms with Crippen LogP contribution in [0.15, 0.2) is 49.8 Å². The molecule has 1 heterocycles. The van der Waals surface area contributed by atoms with Crippen molar-refractivity contribution >= 4 is 58.4 Å². The van der Waals surface area contributed by atoms with Gasteiger partial charge in [0.25, 0.3) is 5.91 Å². The van der Waals surface area contributed by atoms with Crippen molar-refractivity contribution in [2.75, 3.05) is 6.61 Å². The molecule has 1 atom stereocenters. The molecular formula is C23H19Cl2N3O5. The minimum Gasteiger partial charge on any atom is -0.478 e. The summed E-state index contributed by atoms with van der Waals surface area (Å²) in [6.07, 6.45) is 3.68. The highest BCUT2D eigenvalue weighted by Crippen LogP contribution is 2.37. The van der Waals surface area contributed by atoms with Gasteiger partial charge >= 0.3 is 5.97 Å². The van der Waals surface area contributed by atoms with E-state index in [1.807, 2.05) is 0 Å². The van der Waals surface area contributed by atoms with E-state index < -0.39 is 24.5 Å². The highest BCUT2D eigenvalue weighted by atomic mass is 35.5. The summed E-state index contributed by atoms with van der Waals surface area (Å²) in [5.74, 6) is -1.42. The number of rotatable bonds is 9. The van der Waals surface area contributed by atoms with Gasteiger partial charge < -0.3 is 20.3 Å². The number of halogens is 2. The zero-order chi connectivity index (χ0) is 24.3. The fourth-order valence-electron chi connectivity index (χ4n) is 3.41. The molecule has 2 aromatic carbocycles. The van der Waals surface area contributed by atoms with Crippen LogP contribution in [0.5, 0.6) is 5.75 Å². The lowest BCUT2D eigenvalue weighted by Crippen LogP contribution is -2.32. The second-order valence-corrected chi connectivity index (χ2v) is 7.59. The number of carboxylic acid groups (broad SMARTS) is 1. The molecule has 170 valence electrons. The zero-order valence-electron chi connectivity index (χ0n) is 17.1. The number of amides is 1. The van der Waals surface area contributed by atoms with Crippen LogP contribution in [-0.4, -0.2) is 39.6 Å². The summed E-state index contributed by atoms with van der Waals surface area (Å²) >= 11 is 12.7. The van der Waals surface area contributed by atoms with Crippen molar-refractivity contribution in [3.63, 3.8) is 0 Å². The highest BCUT2D eigenvalue weighted by Gasteiger charge is 2.23. The number of carboxylic acids is 1. The van der Waals surface area contributed by atoms with Gasteiger partial charge in [-0.15, -0.1) is 0 Å². The van der Waals surface area contributed by atoms with Crippen molar-refractivity contribution in [3.05, 3.63) is 82.2 Å². The number of hydrogen-bond acceptors (Lipinski definition) is 5. The Bertz CT molecular complexity index is 1300. The van der Waals surface area contributed by atoms with Gasteiger partial charge in [0.1, 0.15) is 11.4 Å². The number of aliphatic hydroxyl groups excluding tert-OH is 1. The van der Waals surface area contributed by atoms with E-state index in [4.69, 9.17) is 38.5 Å². The average molecular weight is 488 g/mol. The van der Waals surface area contributed by atoms with Crippen LogP contribution in [0.1, 0.15) is 38.0 Å².